The van der Waals surface area contributed by atoms with Crippen molar-refractivity contribution in [2.75, 3.05) is 14.1 Å². The fourth-order valence-electron chi connectivity index (χ4n) is 3.50. The van der Waals surface area contributed by atoms with Gasteiger partial charge in [-0.25, -0.2) is 27.7 Å². The topological polar surface area (TPSA) is 81.0 Å². The molecule has 0 N–H and O–H groups in total. The van der Waals surface area contributed by atoms with E-state index < -0.39 is 10.0 Å². The third-order valence-corrected chi connectivity index (χ3v) is 8.18. The Kier molecular flexibility index (Phi) is 6.50. The number of unbranched alkanes of at least 4 members (excludes halogenated alkanes) is 1. The largest absolute Gasteiger partial charge is 0.319 e. The van der Waals surface area contributed by atoms with Gasteiger partial charge in [-0.1, -0.05) is 37.2 Å². The summed E-state index contributed by atoms with van der Waals surface area (Å²) < 4.78 is 28.5. The zero-order chi connectivity index (χ0) is 22.9. The standard InChI is InChI=1S/C23H27N5O2S2/c1-5-6-13-28-22-12-11-17(32(29,30)27(3)4)14-20(22)26-23(28)31-15-21-16(2)24-18-9-7-8-10-19(18)25-21/h7-12,14H,5-6,13,15H2,1-4H3. The van der Waals surface area contributed by atoms with Crippen LogP contribution in [-0.4, -0.2) is 46.3 Å². The summed E-state index contributed by atoms with van der Waals surface area (Å²) in [4.78, 5) is 14.5. The van der Waals surface area contributed by atoms with Crippen LogP contribution in [0.5, 0.6) is 0 Å². The van der Waals surface area contributed by atoms with E-state index in [-0.39, 0.29) is 4.90 Å². The summed E-state index contributed by atoms with van der Waals surface area (Å²) in [5, 5.41) is 0.863. The number of nitrogens with zero attached hydrogens (tertiary/aromatic N) is 5. The molecule has 168 valence electrons. The van der Waals surface area contributed by atoms with Crippen LogP contribution in [0.1, 0.15) is 31.2 Å². The van der Waals surface area contributed by atoms with Gasteiger partial charge in [0.05, 0.1) is 38.4 Å². The highest BCUT2D eigenvalue weighted by molar-refractivity contribution is 7.98. The molecule has 0 atom stereocenters. The Labute approximate surface area is 192 Å². The molecule has 0 spiro atoms. The zero-order valence-corrected chi connectivity index (χ0v) is 20.4. The highest BCUT2D eigenvalue weighted by Crippen LogP contribution is 2.29. The van der Waals surface area contributed by atoms with Crippen molar-refractivity contribution in [3.05, 3.63) is 53.9 Å². The lowest BCUT2D eigenvalue weighted by atomic mass is 10.2. The maximum atomic E-state index is 12.6. The molecule has 0 aliphatic carbocycles. The summed E-state index contributed by atoms with van der Waals surface area (Å²) in [7, 11) is -0.441. The predicted octanol–water partition coefficient (Wildman–Crippen LogP) is 4.63. The number of imidazole rings is 1. The highest BCUT2D eigenvalue weighted by atomic mass is 32.2. The van der Waals surface area contributed by atoms with Crippen LogP contribution in [0, 0.1) is 6.92 Å². The van der Waals surface area contributed by atoms with E-state index in [9.17, 15) is 8.42 Å². The Bertz CT molecular complexity index is 1380. The number of aryl methyl sites for hydroxylation is 2. The van der Waals surface area contributed by atoms with E-state index >= 15 is 0 Å². The molecule has 0 radical (unpaired) electrons. The molecule has 7 nitrogen and oxygen atoms in total. The number of para-hydroxylation sites is 2. The van der Waals surface area contributed by atoms with Crippen LogP contribution in [0.4, 0.5) is 0 Å². The van der Waals surface area contributed by atoms with Crippen LogP contribution in [0.25, 0.3) is 22.1 Å². The highest BCUT2D eigenvalue weighted by Gasteiger charge is 2.20. The van der Waals surface area contributed by atoms with Gasteiger partial charge in [-0.15, -0.1) is 0 Å². The number of sulfonamides is 1. The Morgan fingerprint density at radius 1 is 1.00 bits per heavy atom. The van der Waals surface area contributed by atoms with Gasteiger partial charge in [0, 0.05) is 26.4 Å². The number of benzene rings is 2. The second-order valence-electron chi connectivity index (χ2n) is 7.87. The monoisotopic (exact) mass is 469 g/mol. The Balaban J connectivity index is 1.70. The van der Waals surface area contributed by atoms with Crippen molar-refractivity contribution in [2.24, 2.45) is 0 Å². The fourth-order valence-corrected chi connectivity index (χ4v) is 5.47. The molecule has 0 amide bonds. The van der Waals surface area contributed by atoms with E-state index in [0.29, 0.717) is 11.3 Å². The van der Waals surface area contributed by atoms with Crippen molar-refractivity contribution in [1.29, 1.82) is 0 Å². The van der Waals surface area contributed by atoms with Crippen molar-refractivity contribution in [3.8, 4) is 0 Å². The molecule has 0 saturated heterocycles. The maximum absolute atomic E-state index is 12.6. The summed E-state index contributed by atoms with van der Waals surface area (Å²) >= 11 is 1.61. The molecule has 9 heteroatoms. The average molecular weight is 470 g/mol. The van der Waals surface area contributed by atoms with Crippen LogP contribution in [0.3, 0.4) is 0 Å². The second kappa shape index (κ2) is 9.17. The number of hydrogen-bond acceptors (Lipinski definition) is 6. The Hall–Kier alpha value is -2.49. The van der Waals surface area contributed by atoms with Gasteiger partial charge < -0.3 is 4.57 Å². The minimum Gasteiger partial charge on any atom is -0.319 e. The molecule has 0 unspecified atom stereocenters. The molecule has 2 aromatic heterocycles. The Morgan fingerprint density at radius 3 is 2.41 bits per heavy atom. The summed E-state index contributed by atoms with van der Waals surface area (Å²) in [5.41, 5.74) is 5.24. The third kappa shape index (κ3) is 4.37. The first kappa shape index (κ1) is 22.7. The number of hydrogen-bond donors (Lipinski definition) is 0. The molecule has 4 rings (SSSR count). The SMILES string of the molecule is CCCCn1c(SCc2nc3ccccc3nc2C)nc2cc(S(=O)(=O)N(C)C)ccc21. The lowest BCUT2D eigenvalue weighted by Gasteiger charge is -2.11. The summed E-state index contributed by atoms with van der Waals surface area (Å²) in [6.07, 6.45) is 2.08. The van der Waals surface area contributed by atoms with Crippen molar-refractivity contribution < 1.29 is 8.42 Å². The molecule has 2 aromatic carbocycles. The molecule has 0 bridgehead atoms. The molecule has 4 aromatic rings. The first-order valence-electron chi connectivity index (χ1n) is 10.6. The van der Waals surface area contributed by atoms with Gasteiger partial charge in [0.25, 0.3) is 0 Å². The van der Waals surface area contributed by atoms with Crippen molar-refractivity contribution in [1.82, 2.24) is 23.8 Å². The van der Waals surface area contributed by atoms with Gasteiger partial charge in [0.2, 0.25) is 10.0 Å². The number of fused-ring (bicyclic) bond motifs is 2. The molecular weight excluding hydrogens is 442 g/mol. The molecule has 0 aliphatic heterocycles. The van der Waals surface area contributed by atoms with Gasteiger partial charge in [-0.05, 0) is 43.7 Å². The molecule has 32 heavy (non-hydrogen) atoms. The summed E-state index contributed by atoms with van der Waals surface area (Å²) in [6, 6.07) is 13.1. The molecular formula is C23H27N5O2S2. The minimum atomic E-state index is -3.51. The zero-order valence-electron chi connectivity index (χ0n) is 18.7. The van der Waals surface area contributed by atoms with Crippen molar-refractivity contribution >= 4 is 43.9 Å². The van der Waals surface area contributed by atoms with Gasteiger partial charge in [-0.2, -0.15) is 0 Å². The maximum Gasteiger partial charge on any atom is 0.242 e. The second-order valence-corrected chi connectivity index (χ2v) is 11.0. The lowest BCUT2D eigenvalue weighted by molar-refractivity contribution is 0.521. The average Bonchev–Trinajstić information content (AvgIpc) is 3.12. The summed E-state index contributed by atoms with van der Waals surface area (Å²) in [5.74, 6) is 0.641. The van der Waals surface area contributed by atoms with Crippen LogP contribution < -0.4 is 0 Å². The van der Waals surface area contributed by atoms with Crippen LogP contribution >= 0.6 is 11.8 Å². The van der Waals surface area contributed by atoms with E-state index in [1.54, 1.807) is 23.9 Å². The molecule has 0 aliphatic rings. The van der Waals surface area contributed by atoms with Gasteiger partial charge in [0.15, 0.2) is 5.16 Å². The first-order chi connectivity index (χ1) is 15.3. The van der Waals surface area contributed by atoms with Crippen LogP contribution in [0.2, 0.25) is 0 Å². The van der Waals surface area contributed by atoms with Gasteiger partial charge in [0.1, 0.15) is 0 Å². The molecule has 0 saturated carbocycles. The van der Waals surface area contributed by atoms with Crippen LogP contribution in [0.15, 0.2) is 52.5 Å². The molecule has 2 heterocycles. The fraction of sp³-hybridized carbons (Fsp3) is 0.348. The smallest absolute Gasteiger partial charge is 0.242 e. The van der Waals surface area contributed by atoms with Crippen LogP contribution in [-0.2, 0) is 22.3 Å². The van der Waals surface area contributed by atoms with E-state index in [1.165, 1.54) is 18.4 Å². The number of rotatable bonds is 8. The summed E-state index contributed by atoms with van der Waals surface area (Å²) in [6.45, 7) is 4.97. The van der Waals surface area contributed by atoms with E-state index in [4.69, 9.17) is 9.97 Å². The predicted molar refractivity (Wildman–Crippen MR) is 129 cm³/mol. The van der Waals surface area contributed by atoms with E-state index in [1.807, 2.05) is 37.3 Å². The van der Waals surface area contributed by atoms with E-state index in [0.717, 1.165) is 52.5 Å². The third-order valence-electron chi connectivity index (χ3n) is 5.38. The van der Waals surface area contributed by atoms with Crippen molar-refractivity contribution in [2.45, 2.75) is 49.0 Å². The van der Waals surface area contributed by atoms with Crippen molar-refractivity contribution in [3.63, 3.8) is 0 Å². The lowest BCUT2D eigenvalue weighted by Crippen LogP contribution is -2.22. The normalized spacial score (nSPS) is 12.3. The number of aromatic nitrogens is 4. The molecule has 0 fully saturated rings. The number of thioether (sulfide) groups is 1. The van der Waals surface area contributed by atoms with Gasteiger partial charge >= 0.3 is 0 Å². The Morgan fingerprint density at radius 2 is 1.72 bits per heavy atom. The van der Waals surface area contributed by atoms with Gasteiger partial charge in [-0.3, -0.25) is 0 Å². The minimum absolute atomic E-state index is 0.253. The first-order valence-corrected chi connectivity index (χ1v) is 13.0. The van der Waals surface area contributed by atoms with E-state index in [2.05, 4.69) is 16.5 Å². The quantitative estimate of drug-likeness (QED) is 0.350.